The molecule has 1 aliphatic rings. The van der Waals surface area contributed by atoms with Crippen LogP contribution in [0.25, 0.3) is 0 Å². The van der Waals surface area contributed by atoms with Crippen molar-refractivity contribution in [2.75, 3.05) is 64.9 Å². The Balaban J connectivity index is 1.65. The first-order valence-corrected chi connectivity index (χ1v) is 9.17. The fourth-order valence-corrected chi connectivity index (χ4v) is 2.86. The van der Waals surface area contributed by atoms with Crippen LogP contribution in [-0.4, -0.2) is 76.7 Å². The molecule has 2 amide bonds. The molecule has 2 N–H and O–H groups in total. The Morgan fingerprint density at radius 2 is 1.62 bits per heavy atom. The third-order valence-electron chi connectivity index (χ3n) is 4.53. The number of ether oxygens (including phenoxy) is 1. The van der Waals surface area contributed by atoms with E-state index in [0.29, 0.717) is 19.7 Å². The number of piperazine rings is 1. The lowest BCUT2D eigenvalue weighted by molar-refractivity contribution is -0.139. The molecule has 144 valence electrons. The van der Waals surface area contributed by atoms with E-state index < -0.39 is 11.8 Å². The molecule has 1 aromatic rings. The highest BCUT2D eigenvalue weighted by Crippen LogP contribution is 2.17. The Kier molecular flexibility index (Phi) is 8.37. The number of nitrogens with one attached hydrogen (secondary N) is 2. The fraction of sp³-hybridized carbons (Fsp3) is 0.579. The highest BCUT2D eigenvalue weighted by atomic mass is 16.5. The summed E-state index contributed by atoms with van der Waals surface area (Å²) in [7, 11) is 3.70. The molecule has 0 spiro atoms. The standard InChI is InChI=1S/C19H30N4O3/c1-22-11-13-23(14-12-22)17-7-5-16(6-8-17)4-3-9-20-18(24)19(25)21-10-15-26-2/h5-8H,3-4,9-15H2,1-2H3,(H,20,24)(H,21,25). The van der Waals surface area contributed by atoms with Crippen LogP contribution in [0, 0.1) is 0 Å². The van der Waals surface area contributed by atoms with Gasteiger partial charge in [-0.15, -0.1) is 0 Å². The Hall–Kier alpha value is -2.12. The second-order valence-corrected chi connectivity index (χ2v) is 6.56. The van der Waals surface area contributed by atoms with Crippen LogP contribution in [0.1, 0.15) is 12.0 Å². The molecule has 0 radical (unpaired) electrons. The van der Waals surface area contributed by atoms with E-state index in [9.17, 15) is 9.59 Å². The van der Waals surface area contributed by atoms with Crippen molar-refractivity contribution in [1.29, 1.82) is 0 Å². The summed E-state index contributed by atoms with van der Waals surface area (Å²) in [6.07, 6.45) is 1.67. The van der Waals surface area contributed by atoms with E-state index in [2.05, 4.69) is 51.7 Å². The van der Waals surface area contributed by atoms with Crippen LogP contribution in [0.3, 0.4) is 0 Å². The van der Waals surface area contributed by atoms with Crippen LogP contribution >= 0.6 is 0 Å². The van der Waals surface area contributed by atoms with Gasteiger partial charge in [-0.05, 0) is 37.6 Å². The van der Waals surface area contributed by atoms with Crippen molar-refractivity contribution in [3.05, 3.63) is 29.8 Å². The first-order valence-electron chi connectivity index (χ1n) is 9.17. The number of amides is 2. The number of hydrogen-bond acceptors (Lipinski definition) is 5. The van der Waals surface area contributed by atoms with Crippen molar-refractivity contribution in [1.82, 2.24) is 15.5 Å². The average Bonchev–Trinajstić information content (AvgIpc) is 2.66. The van der Waals surface area contributed by atoms with Gasteiger partial charge in [-0.3, -0.25) is 9.59 Å². The number of benzene rings is 1. The summed E-state index contributed by atoms with van der Waals surface area (Å²) in [6.45, 7) is 5.53. The minimum absolute atomic E-state index is 0.336. The number of hydrogen-bond donors (Lipinski definition) is 2. The van der Waals surface area contributed by atoms with E-state index in [0.717, 1.165) is 39.0 Å². The summed E-state index contributed by atoms with van der Waals surface area (Å²) >= 11 is 0. The second-order valence-electron chi connectivity index (χ2n) is 6.56. The molecule has 26 heavy (non-hydrogen) atoms. The topological polar surface area (TPSA) is 73.9 Å². The molecule has 1 fully saturated rings. The molecule has 0 atom stereocenters. The predicted molar refractivity (Wildman–Crippen MR) is 102 cm³/mol. The van der Waals surface area contributed by atoms with Gasteiger partial charge in [0, 0.05) is 52.1 Å². The Morgan fingerprint density at radius 3 is 2.23 bits per heavy atom. The third-order valence-corrected chi connectivity index (χ3v) is 4.53. The molecule has 2 rings (SSSR count). The smallest absolute Gasteiger partial charge is 0.309 e. The van der Waals surface area contributed by atoms with Gasteiger partial charge in [-0.2, -0.15) is 0 Å². The number of methoxy groups -OCH3 is 1. The average molecular weight is 362 g/mol. The van der Waals surface area contributed by atoms with E-state index in [1.54, 1.807) is 7.11 Å². The summed E-state index contributed by atoms with van der Waals surface area (Å²) in [5, 5.41) is 5.14. The molecule has 0 aromatic heterocycles. The van der Waals surface area contributed by atoms with Crippen LogP contribution in [-0.2, 0) is 20.7 Å². The van der Waals surface area contributed by atoms with Crippen LogP contribution < -0.4 is 15.5 Å². The number of likely N-dealkylation sites (N-methyl/N-ethyl adjacent to an activating group) is 1. The molecule has 0 unspecified atom stereocenters. The summed E-state index contributed by atoms with van der Waals surface area (Å²) in [5.41, 5.74) is 2.50. The normalized spacial score (nSPS) is 14.9. The van der Waals surface area contributed by atoms with Crippen molar-refractivity contribution >= 4 is 17.5 Å². The molecule has 1 aliphatic heterocycles. The van der Waals surface area contributed by atoms with Gasteiger partial charge in [-0.25, -0.2) is 0 Å². The maximum atomic E-state index is 11.6. The molecule has 1 heterocycles. The van der Waals surface area contributed by atoms with Crippen LogP contribution in [0.15, 0.2) is 24.3 Å². The van der Waals surface area contributed by atoms with Gasteiger partial charge in [0.05, 0.1) is 6.61 Å². The Labute approximate surface area is 155 Å². The first kappa shape index (κ1) is 20.2. The lowest BCUT2D eigenvalue weighted by atomic mass is 10.1. The summed E-state index contributed by atoms with van der Waals surface area (Å²) in [6, 6.07) is 8.63. The number of carbonyl (C=O) groups excluding carboxylic acids is 2. The van der Waals surface area contributed by atoms with Gasteiger partial charge in [0.25, 0.3) is 0 Å². The molecule has 1 aromatic carbocycles. The van der Waals surface area contributed by atoms with E-state index in [-0.39, 0.29) is 0 Å². The van der Waals surface area contributed by atoms with Gasteiger partial charge in [0.1, 0.15) is 0 Å². The fourth-order valence-electron chi connectivity index (χ4n) is 2.86. The minimum Gasteiger partial charge on any atom is -0.383 e. The monoisotopic (exact) mass is 362 g/mol. The quantitative estimate of drug-likeness (QED) is 0.512. The number of anilines is 1. The number of aryl methyl sites for hydroxylation is 1. The first-order chi connectivity index (χ1) is 12.6. The van der Waals surface area contributed by atoms with Crippen LogP contribution in [0.4, 0.5) is 5.69 Å². The molecular formula is C19H30N4O3. The van der Waals surface area contributed by atoms with Gasteiger partial charge in [0.2, 0.25) is 0 Å². The Morgan fingerprint density at radius 1 is 1.00 bits per heavy atom. The summed E-state index contributed by atoms with van der Waals surface area (Å²) in [4.78, 5) is 27.9. The van der Waals surface area contributed by atoms with E-state index in [1.807, 2.05) is 0 Å². The number of rotatable bonds is 8. The SMILES string of the molecule is COCCNC(=O)C(=O)NCCCc1ccc(N2CCN(C)CC2)cc1. The number of carbonyl (C=O) groups is 2. The summed E-state index contributed by atoms with van der Waals surface area (Å²) in [5.74, 6) is -1.20. The summed E-state index contributed by atoms with van der Waals surface area (Å²) < 4.78 is 4.82. The van der Waals surface area contributed by atoms with Gasteiger partial charge in [-0.1, -0.05) is 12.1 Å². The maximum Gasteiger partial charge on any atom is 0.309 e. The van der Waals surface area contributed by atoms with E-state index in [4.69, 9.17) is 4.74 Å². The zero-order valence-corrected chi connectivity index (χ0v) is 15.8. The predicted octanol–water partition coefficient (Wildman–Crippen LogP) is 0.250. The van der Waals surface area contributed by atoms with Crippen molar-refractivity contribution in [3.8, 4) is 0 Å². The Bertz CT molecular complexity index is 569. The largest absolute Gasteiger partial charge is 0.383 e. The molecule has 1 saturated heterocycles. The van der Waals surface area contributed by atoms with Gasteiger partial charge >= 0.3 is 11.8 Å². The van der Waals surface area contributed by atoms with Crippen molar-refractivity contribution < 1.29 is 14.3 Å². The minimum atomic E-state index is -0.612. The van der Waals surface area contributed by atoms with Crippen molar-refractivity contribution in [2.24, 2.45) is 0 Å². The van der Waals surface area contributed by atoms with Gasteiger partial charge in [0.15, 0.2) is 0 Å². The highest BCUT2D eigenvalue weighted by molar-refractivity contribution is 6.35. The molecule has 7 nitrogen and oxygen atoms in total. The zero-order chi connectivity index (χ0) is 18.8. The van der Waals surface area contributed by atoms with E-state index in [1.165, 1.54) is 11.3 Å². The molecule has 0 bridgehead atoms. The van der Waals surface area contributed by atoms with Crippen molar-refractivity contribution in [3.63, 3.8) is 0 Å². The zero-order valence-electron chi connectivity index (χ0n) is 15.8. The van der Waals surface area contributed by atoms with E-state index >= 15 is 0 Å². The van der Waals surface area contributed by atoms with Gasteiger partial charge < -0.3 is 25.2 Å². The second kappa shape index (κ2) is 10.8. The molecule has 0 saturated carbocycles. The molecule has 0 aliphatic carbocycles. The highest BCUT2D eigenvalue weighted by Gasteiger charge is 2.14. The lowest BCUT2D eigenvalue weighted by Gasteiger charge is -2.34. The maximum absolute atomic E-state index is 11.6. The molecule has 7 heteroatoms. The van der Waals surface area contributed by atoms with Crippen LogP contribution in [0.2, 0.25) is 0 Å². The lowest BCUT2D eigenvalue weighted by Crippen LogP contribution is -2.44. The van der Waals surface area contributed by atoms with Crippen molar-refractivity contribution in [2.45, 2.75) is 12.8 Å². The molecular weight excluding hydrogens is 332 g/mol. The third kappa shape index (κ3) is 6.65. The van der Waals surface area contributed by atoms with Crippen LogP contribution in [0.5, 0.6) is 0 Å². The number of nitrogens with zero attached hydrogens (tertiary/aromatic N) is 2.